The van der Waals surface area contributed by atoms with Crippen LogP contribution in [0.3, 0.4) is 0 Å². The van der Waals surface area contributed by atoms with Gasteiger partial charge in [0, 0.05) is 19.6 Å². The highest BCUT2D eigenvalue weighted by Gasteiger charge is 2.26. The molecule has 0 aromatic heterocycles. The van der Waals surface area contributed by atoms with Crippen molar-refractivity contribution < 1.29 is 13.9 Å². The van der Waals surface area contributed by atoms with Gasteiger partial charge in [-0.3, -0.25) is 0 Å². The summed E-state index contributed by atoms with van der Waals surface area (Å²) in [6.07, 6.45) is 1.56. The lowest BCUT2D eigenvalue weighted by atomic mass is 9.97. The molecule has 1 aromatic carbocycles. The summed E-state index contributed by atoms with van der Waals surface area (Å²) in [7, 11) is 0. The van der Waals surface area contributed by atoms with E-state index in [0.29, 0.717) is 24.7 Å². The summed E-state index contributed by atoms with van der Waals surface area (Å²) in [5, 5.41) is 3.22. The van der Waals surface area contributed by atoms with Gasteiger partial charge in [-0.15, -0.1) is 0 Å². The first-order valence-corrected chi connectivity index (χ1v) is 8.23. The van der Waals surface area contributed by atoms with E-state index in [0.717, 1.165) is 24.9 Å². The molecule has 5 heteroatoms. The number of carbonyl (C=O) groups excluding carboxylic acids is 1. The lowest BCUT2D eigenvalue weighted by Crippen LogP contribution is -2.42. The van der Waals surface area contributed by atoms with E-state index >= 15 is 0 Å². The van der Waals surface area contributed by atoms with Crippen molar-refractivity contribution in [3.05, 3.63) is 29.6 Å². The minimum absolute atomic E-state index is 0.212. The third-order valence-electron chi connectivity index (χ3n) is 4.06. The van der Waals surface area contributed by atoms with Gasteiger partial charge < -0.3 is 15.0 Å². The maximum atomic E-state index is 13.8. The van der Waals surface area contributed by atoms with E-state index in [1.165, 1.54) is 6.07 Å². The molecule has 1 aliphatic heterocycles. The molecule has 1 saturated heterocycles. The Labute approximate surface area is 138 Å². The Morgan fingerprint density at radius 1 is 1.35 bits per heavy atom. The van der Waals surface area contributed by atoms with E-state index in [4.69, 9.17) is 4.74 Å². The van der Waals surface area contributed by atoms with Crippen molar-refractivity contribution >= 4 is 11.8 Å². The number of benzene rings is 1. The van der Waals surface area contributed by atoms with Gasteiger partial charge in [0.15, 0.2) is 0 Å². The van der Waals surface area contributed by atoms with Gasteiger partial charge in [0.1, 0.15) is 11.4 Å². The molecular weight excluding hydrogens is 295 g/mol. The number of amides is 1. The molecule has 0 atom stereocenters. The van der Waals surface area contributed by atoms with Crippen molar-refractivity contribution in [3.63, 3.8) is 0 Å². The zero-order valence-corrected chi connectivity index (χ0v) is 14.5. The Morgan fingerprint density at radius 2 is 2.00 bits per heavy atom. The molecule has 0 aliphatic carbocycles. The topological polar surface area (TPSA) is 41.6 Å². The van der Waals surface area contributed by atoms with Crippen molar-refractivity contribution in [1.82, 2.24) is 4.90 Å². The number of carbonyl (C=O) groups is 1. The molecule has 1 fully saturated rings. The van der Waals surface area contributed by atoms with Gasteiger partial charge in [0.2, 0.25) is 0 Å². The largest absolute Gasteiger partial charge is 0.444 e. The number of hydrogen-bond acceptors (Lipinski definition) is 3. The van der Waals surface area contributed by atoms with Gasteiger partial charge in [-0.05, 0) is 58.1 Å². The summed E-state index contributed by atoms with van der Waals surface area (Å²) in [4.78, 5) is 13.8. The molecule has 0 radical (unpaired) electrons. The van der Waals surface area contributed by atoms with Gasteiger partial charge in [-0.1, -0.05) is 12.1 Å². The van der Waals surface area contributed by atoms with Gasteiger partial charge in [0.25, 0.3) is 0 Å². The molecule has 1 N–H and O–H groups in total. The van der Waals surface area contributed by atoms with Crippen LogP contribution in [0.1, 0.15) is 39.2 Å². The van der Waals surface area contributed by atoms with Crippen molar-refractivity contribution in [2.45, 2.75) is 46.1 Å². The average Bonchev–Trinajstić information content (AvgIpc) is 2.45. The molecule has 0 saturated carbocycles. The first-order chi connectivity index (χ1) is 10.8. The zero-order valence-electron chi connectivity index (χ0n) is 14.5. The molecule has 1 aromatic rings. The van der Waals surface area contributed by atoms with Crippen LogP contribution >= 0.6 is 0 Å². The van der Waals surface area contributed by atoms with Crippen LogP contribution in [0.5, 0.6) is 0 Å². The second kappa shape index (κ2) is 7.20. The van der Waals surface area contributed by atoms with Gasteiger partial charge >= 0.3 is 6.09 Å². The van der Waals surface area contributed by atoms with Gasteiger partial charge in [-0.25, -0.2) is 9.18 Å². The maximum Gasteiger partial charge on any atom is 0.410 e. The van der Waals surface area contributed by atoms with Crippen LogP contribution < -0.4 is 5.32 Å². The molecule has 4 nitrogen and oxygen atoms in total. The van der Waals surface area contributed by atoms with Crippen molar-refractivity contribution in [2.24, 2.45) is 5.92 Å². The van der Waals surface area contributed by atoms with Crippen molar-refractivity contribution in [2.75, 3.05) is 25.0 Å². The van der Waals surface area contributed by atoms with Crippen LogP contribution in [0.2, 0.25) is 0 Å². The van der Waals surface area contributed by atoms with Gasteiger partial charge in [-0.2, -0.15) is 0 Å². The van der Waals surface area contributed by atoms with Crippen LogP contribution in [-0.4, -0.2) is 36.2 Å². The SMILES string of the molecule is Cc1cccc(F)c1NCC1CCN(C(=O)OC(C)(C)C)CC1. The van der Waals surface area contributed by atoms with E-state index in [9.17, 15) is 9.18 Å². The molecule has 0 bridgehead atoms. The number of likely N-dealkylation sites (tertiary alicyclic amines) is 1. The number of ether oxygens (including phenoxy) is 1. The number of halogens is 1. The van der Waals surface area contributed by atoms with E-state index in [2.05, 4.69) is 5.32 Å². The lowest BCUT2D eigenvalue weighted by Gasteiger charge is -2.33. The molecule has 1 amide bonds. The lowest BCUT2D eigenvalue weighted by molar-refractivity contribution is 0.0188. The fourth-order valence-electron chi connectivity index (χ4n) is 2.75. The van der Waals surface area contributed by atoms with Crippen LogP contribution in [0.25, 0.3) is 0 Å². The molecule has 2 rings (SSSR count). The smallest absolute Gasteiger partial charge is 0.410 e. The summed E-state index contributed by atoms with van der Waals surface area (Å²) in [5.41, 5.74) is 1.04. The fourth-order valence-corrected chi connectivity index (χ4v) is 2.75. The number of anilines is 1. The highest BCUT2D eigenvalue weighted by atomic mass is 19.1. The minimum atomic E-state index is -0.460. The second-order valence-corrected chi connectivity index (χ2v) is 7.22. The monoisotopic (exact) mass is 322 g/mol. The number of para-hydroxylation sites is 1. The average molecular weight is 322 g/mol. The Morgan fingerprint density at radius 3 is 2.57 bits per heavy atom. The standard InChI is InChI=1S/C18H27FN2O2/c1-13-6-5-7-15(19)16(13)20-12-14-8-10-21(11-9-14)17(22)23-18(2,3)4/h5-7,14,20H,8-12H2,1-4H3. The van der Waals surface area contributed by atoms with Crippen LogP contribution in [0.15, 0.2) is 18.2 Å². The quantitative estimate of drug-likeness (QED) is 0.907. The highest BCUT2D eigenvalue weighted by molar-refractivity contribution is 5.68. The highest BCUT2D eigenvalue weighted by Crippen LogP contribution is 2.23. The second-order valence-electron chi connectivity index (χ2n) is 7.22. The molecule has 0 unspecified atom stereocenters. The summed E-state index contributed by atoms with van der Waals surface area (Å²) in [5.74, 6) is 0.226. The Balaban J connectivity index is 1.80. The predicted molar refractivity (Wildman–Crippen MR) is 90.2 cm³/mol. The molecule has 1 aliphatic rings. The van der Waals surface area contributed by atoms with Gasteiger partial charge in [0.05, 0.1) is 5.69 Å². The summed E-state index contributed by atoms with van der Waals surface area (Å²) >= 11 is 0. The number of rotatable bonds is 3. The minimum Gasteiger partial charge on any atom is -0.444 e. The maximum absolute atomic E-state index is 13.8. The van der Waals surface area contributed by atoms with Crippen LogP contribution in [-0.2, 0) is 4.74 Å². The molecule has 1 heterocycles. The number of nitrogens with one attached hydrogen (secondary N) is 1. The first kappa shape index (κ1) is 17.6. The summed E-state index contributed by atoms with van der Waals surface area (Å²) in [6.45, 7) is 9.63. The van der Waals surface area contributed by atoms with Crippen LogP contribution in [0.4, 0.5) is 14.9 Å². The Hall–Kier alpha value is -1.78. The molecule has 23 heavy (non-hydrogen) atoms. The van der Waals surface area contributed by atoms with Crippen molar-refractivity contribution in [3.8, 4) is 0 Å². The van der Waals surface area contributed by atoms with E-state index < -0.39 is 5.60 Å². The third kappa shape index (κ3) is 5.12. The normalized spacial score (nSPS) is 16.3. The first-order valence-electron chi connectivity index (χ1n) is 8.23. The third-order valence-corrected chi connectivity index (χ3v) is 4.06. The summed E-state index contributed by atoms with van der Waals surface area (Å²) < 4.78 is 19.2. The van der Waals surface area contributed by atoms with E-state index in [1.54, 1.807) is 11.0 Å². The Bertz CT molecular complexity index is 526. The number of nitrogens with zero attached hydrogens (tertiary/aromatic N) is 1. The molecule has 128 valence electrons. The number of hydrogen-bond donors (Lipinski definition) is 1. The zero-order chi connectivity index (χ0) is 17.0. The molecular formula is C18H27FN2O2. The number of aryl methyl sites for hydroxylation is 1. The van der Waals surface area contributed by atoms with E-state index in [1.807, 2.05) is 33.8 Å². The number of piperidine rings is 1. The van der Waals surface area contributed by atoms with Crippen molar-refractivity contribution in [1.29, 1.82) is 0 Å². The fraction of sp³-hybridized carbons (Fsp3) is 0.611. The summed E-state index contributed by atoms with van der Waals surface area (Å²) in [6, 6.07) is 5.09. The predicted octanol–water partition coefficient (Wildman–Crippen LogP) is 4.19. The Kier molecular flexibility index (Phi) is 5.50. The molecule has 0 spiro atoms. The van der Waals surface area contributed by atoms with E-state index in [-0.39, 0.29) is 11.9 Å². The van der Waals surface area contributed by atoms with Crippen LogP contribution in [0, 0.1) is 18.7 Å².